The zero-order valence-electron chi connectivity index (χ0n) is 11.6. The normalized spacial score (nSPS) is 17.6. The number of nitrogens with zero attached hydrogens (tertiary/aromatic N) is 2. The van der Waals surface area contributed by atoms with Crippen molar-refractivity contribution in [2.24, 2.45) is 11.7 Å². The minimum Gasteiger partial charge on any atom is -0.330 e. The summed E-state index contributed by atoms with van der Waals surface area (Å²) < 4.78 is 26.7. The van der Waals surface area contributed by atoms with Crippen LogP contribution in [0.2, 0.25) is 5.02 Å². The van der Waals surface area contributed by atoms with Crippen LogP contribution >= 0.6 is 11.6 Å². The van der Waals surface area contributed by atoms with Gasteiger partial charge < -0.3 is 5.73 Å². The van der Waals surface area contributed by atoms with Gasteiger partial charge in [-0.05, 0) is 49.9 Å². The summed E-state index contributed by atoms with van der Waals surface area (Å²) in [6.45, 7) is 1.62. The zero-order chi connectivity index (χ0) is 15.5. The lowest BCUT2D eigenvalue weighted by Gasteiger charge is -2.31. The summed E-state index contributed by atoms with van der Waals surface area (Å²) in [6.07, 6.45) is 2.58. The first-order valence-corrected chi connectivity index (χ1v) is 8.70. The molecule has 1 fully saturated rings. The molecular formula is C14H18ClN3O2S. The van der Waals surface area contributed by atoms with Gasteiger partial charge in [0, 0.05) is 13.1 Å². The molecule has 21 heavy (non-hydrogen) atoms. The smallest absolute Gasteiger partial charge is 0.244 e. The van der Waals surface area contributed by atoms with Crippen LogP contribution in [0.5, 0.6) is 0 Å². The number of piperidine rings is 1. The molecular weight excluding hydrogens is 310 g/mol. The minimum absolute atomic E-state index is 0.0699. The van der Waals surface area contributed by atoms with E-state index in [0.29, 0.717) is 31.1 Å². The number of halogens is 1. The highest BCUT2D eigenvalue weighted by Gasteiger charge is 2.30. The molecule has 2 rings (SSSR count). The fourth-order valence-electron chi connectivity index (χ4n) is 2.59. The van der Waals surface area contributed by atoms with Crippen LogP contribution in [0.4, 0.5) is 0 Å². The Morgan fingerprint density at radius 1 is 1.38 bits per heavy atom. The molecule has 114 valence electrons. The number of rotatable bonds is 4. The van der Waals surface area contributed by atoms with Crippen molar-refractivity contribution in [3.05, 3.63) is 28.8 Å². The van der Waals surface area contributed by atoms with E-state index in [0.717, 1.165) is 19.3 Å². The standard InChI is InChI=1S/C14H18ClN3O2S/c15-13-9-12(10-17)1-2-14(13)21(19,20)18-7-4-11(3-6-16)5-8-18/h1-2,9,11H,3-8,16H2. The second-order valence-electron chi connectivity index (χ2n) is 5.18. The number of sulfonamides is 1. The molecule has 0 unspecified atom stereocenters. The average molecular weight is 328 g/mol. The summed E-state index contributed by atoms with van der Waals surface area (Å²) in [5.74, 6) is 0.498. The summed E-state index contributed by atoms with van der Waals surface area (Å²) >= 11 is 6.02. The summed E-state index contributed by atoms with van der Waals surface area (Å²) in [5, 5.41) is 8.90. The highest BCUT2D eigenvalue weighted by atomic mass is 35.5. The summed E-state index contributed by atoms with van der Waals surface area (Å²) in [5.41, 5.74) is 5.89. The third-order valence-electron chi connectivity index (χ3n) is 3.83. The van der Waals surface area contributed by atoms with Gasteiger partial charge >= 0.3 is 0 Å². The van der Waals surface area contributed by atoms with Crippen molar-refractivity contribution in [3.63, 3.8) is 0 Å². The third-order valence-corrected chi connectivity index (χ3v) is 6.21. The van der Waals surface area contributed by atoms with Gasteiger partial charge in [0.1, 0.15) is 4.90 Å². The molecule has 0 amide bonds. The van der Waals surface area contributed by atoms with Crippen LogP contribution in [0, 0.1) is 17.2 Å². The molecule has 0 radical (unpaired) electrons. The van der Waals surface area contributed by atoms with Gasteiger partial charge in [0.05, 0.1) is 16.7 Å². The molecule has 1 aromatic carbocycles. The summed E-state index contributed by atoms with van der Waals surface area (Å²) in [6, 6.07) is 6.20. The Morgan fingerprint density at radius 2 is 2.05 bits per heavy atom. The highest BCUT2D eigenvalue weighted by molar-refractivity contribution is 7.89. The quantitative estimate of drug-likeness (QED) is 0.915. The predicted octanol–water partition coefficient (Wildman–Crippen LogP) is 1.96. The Hall–Kier alpha value is -1.13. The summed E-state index contributed by atoms with van der Waals surface area (Å²) in [4.78, 5) is 0.0699. The monoisotopic (exact) mass is 327 g/mol. The van der Waals surface area contributed by atoms with Crippen LogP contribution in [-0.4, -0.2) is 32.4 Å². The van der Waals surface area contributed by atoms with Gasteiger partial charge in [-0.2, -0.15) is 9.57 Å². The second kappa shape index (κ2) is 6.75. The van der Waals surface area contributed by atoms with Crippen molar-refractivity contribution in [1.29, 1.82) is 5.26 Å². The number of hydrogen-bond donors (Lipinski definition) is 1. The fourth-order valence-corrected chi connectivity index (χ4v) is 4.58. The highest BCUT2D eigenvalue weighted by Crippen LogP contribution is 2.29. The predicted molar refractivity (Wildman–Crippen MR) is 81.3 cm³/mol. The van der Waals surface area contributed by atoms with Crippen molar-refractivity contribution >= 4 is 21.6 Å². The van der Waals surface area contributed by atoms with Crippen LogP contribution in [0.3, 0.4) is 0 Å². The van der Waals surface area contributed by atoms with Crippen LogP contribution in [0.25, 0.3) is 0 Å². The van der Waals surface area contributed by atoms with E-state index in [4.69, 9.17) is 22.6 Å². The van der Waals surface area contributed by atoms with Crippen LogP contribution in [-0.2, 0) is 10.0 Å². The van der Waals surface area contributed by atoms with E-state index >= 15 is 0 Å². The molecule has 5 nitrogen and oxygen atoms in total. The van der Waals surface area contributed by atoms with E-state index in [2.05, 4.69) is 0 Å². The first-order valence-electron chi connectivity index (χ1n) is 6.89. The number of benzene rings is 1. The van der Waals surface area contributed by atoms with Crippen molar-refractivity contribution in [3.8, 4) is 6.07 Å². The maximum atomic E-state index is 12.6. The van der Waals surface area contributed by atoms with E-state index in [1.165, 1.54) is 22.5 Å². The molecule has 2 N–H and O–H groups in total. The van der Waals surface area contributed by atoms with Gasteiger partial charge in [0.25, 0.3) is 0 Å². The Labute approximate surface area is 130 Å². The topological polar surface area (TPSA) is 87.2 Å². The van der Waals surface area contributed by atoms with Crippen LogP contribution < -0.4 is 5.73 Å². The largest absolute Gasteiger partial charge is 0.330 e. The molecule has 0 aromatic heterocycles. The maximum absolute atomic E-state index is 12.6. The number of nitrogens with two attached hydrogens (primary N) is 1. The Balaban J connectivity index is 2.18. The lowest BCUT2D eigenvalue weighted by atomic mass is 9.95. The Bertz CT molecular complexity index is 647. The average Bonchev–Trinajstić information content (AvgIpc) is 2.47. The van der Waals surface area contributed by atoms with E-state index in [-0.39, 0.29) is 9.92 Å². The second-order valence-corrected chi connectivity index (χ2v) is 7.50. The first kappa shape index (κ1) is 16.2. The van der Waals surface area contributed by atoms with Crippen LogP contribution in [0.15, 0.2) is 23.1 Å². The molecule has 1 aromatic rings. The molecule has 0 aliphatic carbocycles. The van der Waals surface area contributed by atoms with Gasteiger partial charge in [-0.25, -0.2) is 8.42 Å². The maximum Gasteiger partial charge on any atom is 0.244 e. The van der Waals surface area contributed by atoms with Crippen molar-refractivity contribution in [2.45, 2.75) is 24.2 Å². The fraction of sp³-hybridized carbons (Fsp3) is 0.500. The van der Waals surface area contributed by atoms with Gasteiger partial charge in [-0.3, -0.25) is 0 Å². The zero-order valence-corrected chi connectivity index (χ0v) is 13.2. The molecule has 0 atom stereocenters. The molecule has 0 spiro atoms. The van der Waals surface area contributed by atoms with E-state index in [1.807, 2.05) is 6.07 Å². The van der Waals surface area contributed by atoms with E-state index in [9.17, 15) is 8.42 Å². The molecule has 0 bridgehead atoms. The van der Waals surface area contributed by atoms with Gasteiger partial charge in [0.15, 0.2) is 0 Å². The van der Waals surface area contributed by atoms with Crippen molar-refractivity contribution < 1.29 is 8.42 Å². The number of nitriles is 1. The summed E-state index contributed by atoms with van der Waals surface area (Å²) in [7, 11) is -3.60. The molecule has 1 saturated heterocycles. The third kappa shape index (κ3) is 3.55. The number of hydrogen-bond acceptors (Lipinski definition) is 4. The van der Waals surface area contributed by atoms with Gasteiger partial charge in [-0.1, -0.05) is 11.6 Å². The van der Waals surface area contributed by atoms with E-state index < -0.39 is 10.0 Å². The van der Waals surface area contributed by atoms with Gasteiger partial charge in [-0.15, -0.1) is 0 Å². The molecule has 7 heteroatoms. The van der Waals surface area contributed by atoms with Gasteiger partial charge in [0.2, 0.25) is 10.0 Å². The molecule has 1 aliphatic rings. The van der Waals surface area contributed by atoms with Crippen LogP contribution in [0.1, 0.15) is 24.8 Å². The van der Waals surface area contributed by atoms with E-state index in [1.54, 1.807) is 0 Å². The lowest BCUT2D eigenvalue weighted by Crippen LogP contribution is -2.38. The Morgan fingerprint density at radius 3 is 2.57 bits per heavy atom. The molecule has 1 heterocycles. The minimum atomic E-state index is -3.60. The SMILES string of the molecule is N#Cc1ccc(S(=O)(=O)N2CCC(CCN)CC2)c(Cl)c1. The molecule has 1 aliphatic heterocycles. The molecule has 0 saturated carbocycles. The van der Waals surface area contributed by atoms with Crippen molar-refractivity contribution in [1.82, 2.24) is 4.31 Å². The first-order chi connectivity index (χ1) is 9.98. The Kier molecular flexibility index (Phi) is 5.22. The van der Waals surface area contributed by atoms with Crippen molar-refractivity contribution in [2.75, 3.05) is 19.6 Å². The lowest BCUT2D eigenvalue weighted by molar-refractivity contribution is 0.266.